The zero-order chi connectivity index (χ0) is 20.2. The number of carbonyl (C=O) groups excluding carboxylic acids is 2. The standard InChI is InChI=1S/C21H27N5O2S/c1-25-9-11-26(12-10-25)21(28)24-20-22-16(14-29-20)13-19(27)23-18-8-4-6-15-5-2-3-7-17(15)18/h2-3,5,7,14,18H,4,6,8-13H2,1H3,(H,23,27)(H,22,24,28). The van der Waals surface area contributed by atoms with Gasteiger partial charge in [0, 0.05) is 31.6 Å². The lowest BCUT2D eigenvalue weighted by Gasteiger charge is -2.32. The average molecular weight is 414 g/mol. The van der Waals surface area contributed by atoms with Gasteiger partial charge in [0.15, 0.2) is 5.13 Å². The normalized spacial score (nSPS) is 19.5. The van der Waals surface area contributed by atoms with Crippen molar-refractivity contribution in [2.75, 3.05) is 38.5 Å². The van der Waals surface area contributed by atoms with Crippen LogP contribution in [0.2, 0.25) is 0 Å². The lowest BCUT2D eigenvalue weighted by molar-refractivity contribution is -0.121. The molecule has 4 rings (SSSR count). The molecule has 1 fully saturated rings. The monoisotopic (exact) mass is 413 g/mol. The largest absolute Gasteiger partial charge is 0.349 e. The molecule has 154 valence electrons. The summed E-state index contributed by atoms with van der Waals surface area (Å²) < 4.78 is 0. The van der Waals surface area contributed by atoms with Crippen LogP contribution in [0.4, 0.5) is 9.93 Å². The number of nitrogens with one attached hydrogen (secondary N) is 2. The Balaban J connectivity index is 1.30. The average Bonchev–Trinajstić information content (AvgIpc) is 3.15. The molecule has 7 nitrogen and oxygen atoms in total. The molecule has 2 N–H and O–H groups in total. The molecule has 0 bridgehead atoms. The maximum absolute atomic E-state index is 12.6. The predicted octanol–water partition coefficient (Wildman–Crippen LogP) is 2.66. The summed E-state index contributed by atoms with van der Waals surface area (Å²) in [5.41, 5.74) is 3.24. The van der Waals surface area contributed by atoms with Crippen LogP contribution in [0.1, 0.15) is 35.7 Å². The van der Waals surface area contributed by atoms with Gasteiger partial charge in [-0.1, -0.05) is 24.3 Å². The molecule has 2 aromatic rings. The second kappa shape index (κ2) is 8.92. The van der Waals surface area contributed by atoms with Crippen LogP contribution in [-0.4, -0.2) is 59.9 Å². The Kier molecular flexibility index (Phi) is 6.10. The number of hydrogen-bond donors (Lipinski definition) is 2. The van der Waals surface area contributed by atoms with E-state index in [-0.39, 0.29) is 24.4 Å². The molecular formula is C21H27N5O2S. The Bertz CT molecular complexity index is 875. The number of amides is 3. The van der Waals surface area contributed by atoms with Crippen molar-refractivity contribution in [3.63, 3.8) is 0 Å². The van der Waals surface area contributed by atoms with Gasteiger partial charge in [0.1, 0.15) is 0 Å². The highest BCUT2D eigenvalue weighted by Crippen LogP contribution is 2.29. The van der Waals surface area contributed by atoms with Gasteiger partial charge in [0.25, 0.3) is 0 Å². The molecule has 1 aromatic heterocycles. The maximum atomic E-state index is 12.6. The Hall–Kier alpha value is -2.45. The number of anilines is 1. The van der Waals surface area contributed by atoms with Crippen LogP contribution in [0.15, 0.2) is 29.6 Å². The molecule has 0 spiro atoms. The highest BCUT2D eigenvalue weighted by molar-refractivity contribution is 7.13. The fourth-order valence-corrected chi connectivity index (χ4v) is 4.64. The van der Waals surface area contributed by atoms with E-state index >= 15 is 0 Å². The molecular weight excluding hydrogens is 386 g/mol. The highest BCUT2D eigenvalue weighted by Gasteiger charge is 2.22. The van der Waals surface area contributed by atoms with Gasteiger partial charge in [-0.2, -0.15) is 0 Å². The quantitative estimate of drug-likeness (QED) is 0.808. The molecule has 0 saturated carbocycles. The number of hydrogen-bond acceptors (Lipinski definition) is 5. The number of urea groups is 1. The molecule has 2 aliphatic rings. The SMILES string of the molecule is CN1CCN(C(=O)Nc2nc(CC(=O)NC3CCCc4ccccc43)cs2)CC1. The van der Waals surface area contributed by atoms with Gasteiger partial charge in [-0.15, -0.1) is 11.3 Å². The maximum Gasteiger partial charge on any atom is 0.323 e. The van der Waals surface area contributed by atoms with E-state index in [0.717, 1.165) is 32.4 Å². The molecule has 2 heterocycles. The lowest BCUT2D eigenvalue weighted by Crippen LogP contribution is -2.48. The number of rotatable bonds is 4. The summed E-state index contributed by atoms with van der Waals surface area (Å²) >= 11 is 1.36. The zero-order valence-corrected chi connectivity index (χ0v) is 17.5. The first kappa shape index (κ1) is 19.8. The molecule has 1 unspecified atom stereocenters. The third kappa shape index (κ3) is 4.94. The van der Waals surface area contributed by atoms with Crippen molar-refractivity contribution in [3.8, 4) is 0 Å². The van der Waals surface area contributed by atoms with E-state index in [9.17, 15) is 9.59 Å². The lowest BCUT2D eigenvalue weighted by atomic mass is 9.87. The Labute approximate surface area is 175 Å². The summed E-state index contributed by atoms with van der Waals surface area (Å²) in [7, 11) is 2.05. The van der Waals surface area contributed by atoms with Crippen molar-refractivity contribution in [1.82, 2.24) is 20.1 Å². The molecule has 3 amide bonds. The summed E-state index contributed by atoms with van der Waals surface area (Å²) in [6.07, 6.45) is 3.35. The third-order valence-corrected chi connectivity index (χ3v) is 6.41. The fraction of sp³-hybridized carbons (Fsp3) is 0.476. The van der Waals surface area contributed by atoms with Crippen LogP contribution < -0.4 is 10.6 Å². The van der Waals surface area contributed by atoms with Gasteiger partial charge >= 0.3 is 6.03 Å². The number of nitrogens with zero attached hydrogens (tertiary/aromatic N) is 3. The summed E-state index contributed by atoms with van der Waals surface area (Å²) in [4.78, 5) is 33.4. The number of likely N-dealkylation sites (N-methyl/N-ethyl adjacent to an activating group) is 1. The van der Waals surface area contributed by atoms with E-state index in [2.05, 4.69) is 45.8 Å². The van der Waals surface area contributed by atoms with E-state index in [1.165, 1.54) is 22.5 Å². The number of carbonyl (C=O) groups is 2. The Morgan fingerprint density at radius 3 is 2.83 bits per heavy atom. The van der Waals surface area contributed by atoms with Crippen LogP contribution in [0.5, 0.6) is 0 Å². The minimum Gasteiger partial charge on any atom is -0.349 e. The van der Waals surface area contributed by atoms with Crippen LogP contribution in [0.3, 0.4) is 0 Å². The molecule has 29 heavy (non-hydrogen) atoms. The Morgan fingerprint density at radius 1 is 1.21 bits per heavy atom. The van der Waals surface area contributed by atoms with E-state index in [1.54, 1.807) is 4.90 Å². The Morgan fingerprint density at radius 2 is 2.00 bits per heavy atom. The van der Waals surface area contributed by atoms with E-state index in [1.807, 2.05) is 11.4 Å². The third-order valence-electron chi connectivity index (χ3n) is 5.60. The fourth-order valence-electron chi connectivity index (χ4n) is 3.94. The summed E-state index contributed by atoms with van der Waals surface area (Å²) in [6.45, 7) is 3.18. The van der Waals surface area contributed by atoms with Gasteiger partial charge in [-0.3, -0.25) is 10.1 Å². The topological polar surface area (TPSA) is 77.6 Å². The molecule has 1 aliphatic heterocycles. The van der Waals surface area contributed by atoms with Crippen molar-refractivity contribution in [2.45, 2.75) is 31.7 Å². The van der Waals surface area contributed by atoms with Gasteiger partial charge in [0.2, 0.25) is 5.91 Å². The number of benzene rings is 1. The van der Waals surface area contributed by atoms with Crippen molar-refractivity contribution in [2.24, 2.45) is 0 Å². The van der Waals surface area contributed by atoms with Crippen molar-refractivity contribution in [1.29, 1.82) is 0 Å². The molecule has 1 aliphatic carbocycles. The number of aryl methyl sites for hydroxylation is 1. The molecule has 8 heteroatoms. The van der Waals surface area contributed by atoms with Crippen LogP contribution >= 0.6 is 11.3 Å². The van der Waals surface area contributed by atoms with Crippen LogP contribution in [0.25, 0.3) is 0 Å². The number of piperazine rings is 1. The van der Waals surface area contributed by atoms with E-state index < -0.39 is 0 Å². The van der Waals surface area contributed by atoms with Crippen molar-refractivity contribution >= 4 is 28.4 Å². The molecule has 0 radical (unpaired) electrons. The number of thiazole rings is 1. The smallest absolute Gasteiger partial charge is 0.323 e. The molecule has 1 aromatic carbocycles. The van der Waals surface area contributed by atoms with E-state index in [4.69, 9.17) is 0 Å². The zero-order valence-electron chi connectivity index (χ0n) is 16.7. The number of aromatic nitrogens is 1. The first-order chi connectivity index (χ1) is 14.1. The van der Waals surface area contributed by atoms with Gasteiger partial charge in [-0.25, -0.2) is 9.78 Å². The summed E-state index contributed by atoms with van der Waals surface area (Å²) in [5.74, 6) is -0.0334. The van der Waals surface area contributed by atoms with Crippen LogP contribution in [0, 0.1) is 0 Å². The van der Waals surface area contributed by atoms with Crippen LogP contribution in [-0.2, 0) is 17.6 Å². The van der Waals surface area contributed by atoms with Gasteiger partial charge < -0.3 is 15.1 Å². The summed E-state index contributed by atoms with van der Waals surface area (Å²) in [5, 5.41) is 8.40. The van der Waals surface area contributed by atoms with Crippen molar-refractivity contribution in [3.05, 3.63) is 46.5 Å². The minimum atomic E-state index is -0.123. The minimum absolute atomic E-state index is 0.0334. The van der Waals surface area contributed by atoms with E-state index in [0.29, 0.717) is 23.9 Å². The van der Waals surface area contributed by atoms with Crippen molar-refractivity contribution < 1.29 is 9.59 Å². The first-order valence-corrected chi connectivity index (χ1v) is 11.0. The second-order valence-electron chi connectivity index (χ2n) is 7.75. The predicted molar refractivity (Wildman–Crippen MR) is 114 cm³/mol. The van der Waals surface area contributed by atoms with Gasteiger partial charge in [-0.05, 0) is 37.4 Å². The molecule has 1 saturated heterocycles. The first-order valence-electron chi connectivity index (χ1n) is 10.1. The summed E-state index contributed by atoms with van der Waals surface area (Å²) in [6, 6.07) is 8.28. The number of fused-ring (bicyclic) bond motifs is 1. The molecule has 1 atom stereocenters. The second-order valence-corrected chi connectivity index (χ2v) is 8.61. The van der Waals surface area contributed by atoms with Gasteiger partial charge in [0.05, 0.1) is 18.2 Å². The highest BCUT2D eigenvalue weighted by atomic mass is 32.1.